The summed E-state index contributed by atoms with van der Waals surface area (Å²) >= 11 is 1.50. The number of amides is 2. The number of hydrogen-bond donors (Lipinski definition) is 3. The maximum atomic E-state index is 12.6. The van der Waals surface area contributed by atoms with Crippen molar-refractivity contribution in [2.75, 3.05) is 50.1 Å². The molecule has 1 aromatic carbocycles. The number of anilines is 2. The van der Waals surface area contributed by atoms with Crippen LogP contribution in [0.2, 0.25) is 0 Å². The predicted molar refractivity (Wildman–Crippen MR) is 114 cm³/mol. The number of piperazine rings is 1. The van der Waals surface area contributed by atoms with Crippen LogP contribution in [-0.2, 0) is 17.6 Å². The number of hydrogen-bond acceptors (Lipinski definition) is 5. The molecule has 0 spiro atoms. The normalized spacial score (nSPS) is 16.5. The molecular formula is C21H27N4O3S+. The van der Waals surface area contributed by atoms with E-state index in [9.17, 15) is 9.59 Å². The average Bonchev–Trinajstić information content (AvgIpc) is 3.29. The molecule has 0 bridgehead atoms. The highest BCUT2D eigenvalue weighted by molar-refractivity contribution is 7.17. The van der Waals surface area contributed by atoms with Crippen LogP contribution < -0.4 is 25.6 Å². The molecule has 0 radical (unpaired) electrons. The highest BCUT2D eigenvalue weighted by atomic mass is 32.1. The minimum atomic E-state index is -0.447. The van der Waals surface area contributed by atoms with E-state index in [4.69, 9.17) is 10.5 Å². The summed E-state index contributed by atoms with van der Waals surface area (Å²) in [4.78, 5) is 29.2. The molecule has 4 N–H and O–H groups in total. The van der Waals surface area contributed by atoms with Crippen molar-refractivity contribution in [3.8, 4) is 5.75 Å². The Labute approximate surface area is 174 Å². The molecule has 29 heavy (non-hydrogen) atoms. The van der Waals surface area contributed by atoms with Crippen molar-refractivity contribution in [2.45, 2.75) is 19.3 Å². The van der Waals surface area contributed by atoms with Crippen molar-refractivity contribution in [1.82, 2.24) is 0 Å². The van der Waals surface area contributed by atoms with Crippen LogP contribution in [0.1, 0.15) is 27.2 Å². The zero-order valence-corrected chi connectivity index (χ0v) is 17.4. The number of aryl methyl sites for hydroxylation is 1. The Bertz CT molecular complexity index is 919. The van der Waals surface area contributed by atoms with E-state index in [0.717, 1.165) is 62.4 Å². The van der Waals surface area contributed by atoms with E-state index in [1.165, 1.54) is 21.1 Å². The topological polar surface area (TPSA) is 89.1 Å². The number of rotatable bonds is 6. The van der Waals surface area contributed by atoms with E-state index in [2.05, 4.69) is 16.3 Å². The van der Waals surface area contributed by atoms with E-state index in [1.54, 1.807) is 7.11 Å². The number of primary amides is 1. The van der Waals surface area contributed by atoms with Crippen LogP contribution in [0.4, 0.5) is 10.7 Å². The van der Waals surface area contributed by atoms with Crippen molar-refractivity contribution in [3.05, 3.63) is 40.3 Å². The first-order valence-electron chi connectivity index (χ1n) is 10.0. The lowest BCUT2D eigenvalue weighted by molar-refractivity contribution is -0.892. The minimum Gasteiger partial charge on any atom is -0.495 e. The van der Waals surface area contributed by atoms with Gasteiger partial charge in [-0.3, -0.25) is 9.59 Å². The monoisotopic (exact) mass is 415 g/mol. The van der Waals surface area contributed by atoms with Crippen molar-refractivity contribution >= 4 is 33.8 Å². The minimum absolute atomic E-state index is 0.0619. The second-order valence-electron chi connectivity index (χ2n) is 7.56. The third kappa shape index (κ3) is 4.09. The number of benzene rings is 1. The molecule has 1 aliphatic carbocycles. The fourth-order valence-corrected chi connectivity index (χ4v) is 5.59. The van der Waals surface area contributed by atoms with Gasteiger partial charge in [-0.2, -0.15) is 0 Å². The van der Waals surface area contributed by atoms with Gasteiger partial charge in [0.2, 0.25) is 0 Å². The average molecular weight is 416 g/mol. The number of nitrogens with one attached hydrogen (secondary N) is 2. The first-order chi connectivity index (χ1) is 14.1. The molecule has 2 aromatic rings. The number of ether oxygens (including phenoxy) is 1. The van der Waals surface area contributed by atoms with Crippen molar-refractivity contribution < 1.29 is 19.2 Å². The molecule has 7 nitrogen and oxygen atoms in total. The zero-order valence-electron chi connectivity index (χ0n) is 16.6. The van der Waals surface area contributed by atoms with Crippen LogP contribution in [0.15, 0.2) is 24.3 Å². The molecule has 2 amide bonds. The van der Waals surface area contributed by atoms with E-state index in [0.29, 0.717) is 17.1 Å². The number of carbonyl (C=O) groups is 2. The lowest BCUT2D eigenvalue weighted by Gasteiger charge is -2.34. The molecule has 1 aromatic heterocycles. The molecule has 8 heteroatoms. The van der Waals surface area contributed by atoms with Crippen molar-refractivity contribution in [1.29, 1.82) is 0 Å². The summed E-state index contributed by atoms with van der Waals surface area (Å²) in [5, 5.41) is 3.58. The van der Waals surface area contributed by atoms with Gasteiger partial charge >= 0.3 is 0 Å². The second kappa shape index (κ2) is 8.42. The molecule has 4 rings (SSSR count). The van der Waals surface area contributed by atoms with Crippen LogP contribution >= 0.6 is 11.3 Å². The molecule has 2 heterocycles. The third-order valence-corrected chi connectivity index (χ3v) is 6.93. The highest BCUT2D eigenvalue weighted by Gasteiger charge is 2.28. The Morgan fingerprint density at radius 1 is 1.24 bits per heavy atom. The number of para-hydroxylation sites is 2. The van der Waals surface area contributed by atoms with Crippen molar-refractivity contribution in [2.24, 2.45) is 5.73 Å². The van der Waals surface area contributed by atoms with Gasteiger partial charge in [0, 0.05) is 4.88 Å². The van der Waals surface area contributed by atoms with Crippen LogP contribution in [0, 0.1) is 0 Å². The third-order valence-electron chi connectivity index (χ3n) is 5.73. The summed E-state index contributed by atoms with van der Waals surface area (Å²) < 4.78 is 5.46. The van der Waals surface area contributed by atoms with Crippen molar-refractivity contribution in [3.63, 3.8) is 0 Å². The summed E-state index contributed by atoms with van der Waals surface area (Å²) in [6, 6.07) is 8.02. The second-order valence-corrected chi connectivity index (χ2v) is 8.66. The van der Waals surface area contributed by atoms with Crippen LogP contribution in [0.5, 0.6) is 5.75 Å². The number of carbonyl (C=O) groups excluding carboxylic acids is 2. The quantitative estimate of drug-likeness (QED) is 0.648. The Balaban J connectivity index is 1.35. The standard InChI is InChI=1S/C21H26N4O3S/c1-28-16-7-3-2-6-15(16)25-11-9-24(10-12-25)13-18(26)23-21-19(20(22)27)14-5-4-8-17(14)29-21/h2-3,6-7H,4-5,8-13H2,1H3,(H2,22,27)(H,23,26)/p+1. The fraction of sp³-hybridized carbons (Fsp3) is 0.429. The Morgan fingerprint density at radius 3 is 2.72 bits per heavy atom. The van der Waals surface area contributed by atoms with Gasteiger partial charge in [-0.25, -0.2) is 0 Å². The molecule has 2 aliphatic rings. The molecule has 1 saturated heterocycles. The summed E-state index contributed by atoms with van der Waals surface area (Å²) in [5.41, 5.74) is 8.23. The number of methoxy groups -OCH3 is 1. The van der Waals surface area contributed by atoms with Gasteiger partial charge in [0.15, 0.2) is 6.54 Å². The first-order valence-corrected chi connectivity index (χ1v) is 10.8. The summed E-state index contributed by atoms with van der Waals surface area (Å²) in [7, 11) is 1.69. The summed E-state index contributed by atoms with van der Waals surface area (Å²) in [5.74, 6) is 0.365. The Morgan fingerprint density at radius 2 is 2.00 bits per heavy atom. The number of nitrogens with two attached hydrogens (primary N) is 1. The molecule has 0 saturated carbocycles. The van der Waals surface area contributed by atoms with Gasteiger partial charge < -0.3 is 25.6 Å². The summed E-state index contributed by atoms with van der Waals surface area (Å²) in [6.07, 6.45) is 2.89. The van der Waals surface area contributed by atoms with Gasteiger partial charge in [0.05, 0.1) is 44.5 Å². The fourth-order valence-electron chi connectivity index (χ4n) is 4.28. The van der Waals surface area contributed by atoms with Gasteiger partial charge in [-0.05, 0) is 37.0 Å². The number of fused-ring (bicyclic) bond motifs is 1. The Hall–Kier alpha value is -2.58. The number of quaternary nitrogens is 1. The SMILES string of the molecule is COc1ccccc1N1CC[NH+](CC(=O)Nc2sc3c(c2C(N)=O)CCC3)CC1. The van der Waals surface area contributed by atoms with Gasteiger partial charge in [-0.15, -0.1) is 11.3 Å². The maximum Gasteiger partial charge on any atom is 0.280 e. The lowest BCUT2D eigenvalue weighted by atomic mass is 10.1. The van der Waals surface area contributed by atoms with E-state index >= 15 is 0 Å². The smallest absolute Gasteiger partial charge is 0.280 e. The van der Waals surface area contributed by atoms with E-state index in [-0.39, 0.29) is 5.91 Å². The van der Waals surface area contributed by atoms with Crippen LogP contribution in [0.25, 0.3) is 0 Å². The van der Waals surface area contributed by atoms with Crippen LogP contribution in [-0.4, -0.2) is 51.6 Å². The molecule has 0 unspecified atom stereocenters. The molecular weight excluding hydrogens is 388 g/mol. The molecule has 1 aliphatic heterocycles. The van der Waals surface area contributed by atoms with Crippen LogP contribution in [0.3, 0.4) is 0 Å². The highest BCUT2D eigenvalue weighted by Crippen LogP contribution is 2.38. The number of nitrogens with zero attached hydrogens (tertiary/aromatic N) is 1. The maximum absolute atomic E-state index is 12.6. The van der Waals surface area contributed by atoms with Gasteiger partial charge in [-0.1, -0.05) is 12.1 Å². The van der Waals surface area contributed by atoms with E-state index < -0.39 is 5.91 Å². The zero-order chi connectivity index (χ0) is 20.4. The Kier molecular flexibility index (Phi) is 5.73. The largest absolute Gasteiger partial charge is 0.495 e. The van der Waals surface area contributed by atoms with Gasteiger partial charge in [0.25, 0.3) is 11.8 Å². The molecule has 1 fully saturated rings. The van der Waals surface area contributed by atoms with E-state index in [1.807, 2.05) is 18.2 Å². The molecule has 154 valence electrons. The van der Waals surface area contributed by atoms with Gasteiger partial charge in [0.1, 0.15) is 10.8 Å². The predicted octanol–water partition coefficient (Wildman–Crippen LogP) is 0.688. The lowest BCUT2D eigenvalue weighted by Crippen LogP contribution is -3.15. The first kappa shape index (κ1) is 19.7. The summed E-state index contributed by atoms with van der Waals surface area (Å²) in [6.45, 7) is 3.86. The number of thiophene rings is 1. The molecule has 0 atom stereocenters.